The number of fused-ring (bicyclic) bond motifs is 1. The fraction of sp³-hybridized carbons (Fsp3) is 0.708. The first kappa shape index (κ1) is 20.4. The molecule has 0 unspecified atom stereocenters. The zero-order valence-electron chi connectivity index (χ0n) is 18.2. The summed E-state index contributed by atoms with van der Waals surface area (Å²) in [5.41, 5.74) is 3.81. The first-order valence-corrected chi connectivity index (χ1v) is 11.9. The van der Waals surface area contributed by atoms with Crippen molar-refractivity contribution in [1.29, 1.82) is 0 Å². The Kier molecular flexibility index (Phi) is 6.51. The Balaban J connectivity index is 1.68. The molecular weight excluding hydrogens is 360 g/mol. The second kappa shape index (κ2) is 9.27. The Morgan fingerprint density at radius 2 is 1.72 bits per heavy atom. The van der Waals surface area contributed by atoms with Crippen molar-refractivity contribution in [2.45, 2.75) is 90.4 Å². The van der Waals surface area contributed by atoms with Crippen LogP contribution in [0.15, 0.2) is 12.1 Å². The number of rotatable bonds is 6. The molecule has 29 heavy (non-hydrogen) atoms. The number of carbonyl (C=O) groups excluding carboxylic acids is 1. The maximum absolute atomic E-state index is 13.1. The molecular formula is C24H36N4O. The van der Waals surface area contributed by atoms with Gasteiger partial charge in [-0.2, -0.15) is 5.10 Å². The van der Waals surface area contributed by atoms with Crippen LogP contribution in [0, 0.1) is 5.92 Å². The predicted molar refractivity (Wildman–Crippen MR) is 116 cm³/mol. The topological polar surface area (TPSA) is 50.5 Å². The minimum absolute atomic E-state index is 0.0743. The van der Waals surface area contributed by atoms with Crippen molar-refractivity contribution < 1.29 is 4.79 Å². The van der Waals surface area contributed by atoms with Gasteiger partial charge >= 0.3 is 0 Å². The van der Waals surface area contributed by atoms with E-state index in [9.17, 15) is 4.79 Å². The van der Waals surface area contributed by atoms with Gasteiger partial charge in [-0.05, 0) is 44.1 Å². The quantitative estimate of drug-likeness (QED) is 0.658. The molecule has 1 amide bonds. The van der Waals surface area contributed by atoms with Crippen molar-refractivity contribution in [2.24, 2.45) is 5.92 Å². The van der Waals surface area contributed by atoms with Crippen molar-refractivity contribution in [3.8, 4) is 0 Å². The van der Waals surface area contributed by atoms with Crippen molar-refractivity contribution in [3.63, 3.8) is 0 Å². The SMILES string of the molecule is CCC(CC)c1cc(CC2CCCC2)nc2cc(C(=O)N3CCCCCC3)nn12. The van der Waals surface area contributed by atoms with E-state index in [4.69, 9.17) is 10.1 Å². The molecule has 3 heterocycles. The summed E-state index contributed by atoms with van der Waals surface area (Å²) in [4.78, 5) is 20.1. The Bertz CT molecular complexity index is 825. The summed E-state index contributed by atoms with van der Waals surface area (Å²) in [5.74, 6) is 1.29. The van der Waals surface area contributed by atoms with Gasteiger partial charge in [0.05, 0.1) is 0 Å². The van der Waals surface area contributed by atoms with Crippen LogP contribution in [0.25, 0.3) is 5.65 Å². The highest BCUT2D eigenvalue weighted by molar-refractivity contribution is 5.93. The van der Waals surface area contributed by atoms with Gasteiger partial charge in [0.25, 0.3) is 5.91 Å². The van der Waals surface area contributed by atoms with E-state index in [0.717, 1.165) is 56.8 Å². The van der Waals surface area contributed by atoms with Gasteiger partial charge in [-0.25, -0.2) is 9.50 Å². The molecule has 2 aromatic heterocycles. The normalized spacial score (nSPS) is 18.7. The highest BCUT2D eigenvalue weighted by Gasteiger charge is 2.24. The van der Waals surface area contributed by atoms with Crippen LogP contribution in [-0.2, 0) is 6.42 Å². The molecule has 2 fully saturated rings. The third kappa shape index (κ3) is 4.49. The van der Waals surface area contributed by atoms with Gasteiger partial charge in [-0.1, -0.05) is 52.4 Å². The van der Waals surface area contributed by atoms with Crippen molar-refractivity contribution >= 4 is 11.6 Å². The molecule has 2 aliphatic rings. The fourth-order valence-electron chi connectivity index (χ4n) is 5.20. The second-order valence-electron chi connectivity index (χ2n) is 9.05. The van der Waals surface area contributed by atoms with Crippen LogP contribution in [0.4, 0.5) is 0 Å². The summed E-state index contributed by atoms with van der Waals surface area (Å²) in [6, 6.07) is 4.20. The van der Waals surface area contributed by atoms with E-state index >= 15 is 0 Å². The predicted octanol–water partition coefficient (Wildman–Crippen LogP) is 5.38. The highest BCUT2D eigenvalue weighted by Crippen LogP contribution is 2.30. The van der Waals surface area contributed by atoms with Gasteiger partial charge in [0.2, 0.25) is 0 Å². The third-order valence-electron chi connectivity index (χ3n) is 7.00. The first-order chi connectivity index (χ1) is 14.2. The molecule has 0 spiro atoms. The molecule has 0 atom stereocenters. The van der Waals surface area contributed by atoms with Crippen LogP contribution < -0.4 is 0 Å². The average Bonchev–Trinajstić information content (AvgIpc) is 3.31. The molecule has 0 aromatic carbocycles. The molecule has 1 saturated carbocycles. The fourth-order valence-corrected chi connectivity index (χ4v) is 5.20. The van der Waals surface area contributed by atoms with E-state index in [0.29, 0.717) is 11.6 Å². The Morgan fingerprint density at radius 3 is 2.38 bits per heavy atom. The molecule has 1 saturated heterocycles. The lowest BCUT2D eigenvalue weighted by atomic mass is 9.96. The Morgan fingerprint density at radius 1 is 1.03 bits per heavy atom. The second-order valence-corrected chi connectivity index (χ2v) is 9.05. The molecule has 1 aliphatic heterocycles. The maximum Gasteiger partial charge on any atom is 0.274 e. The van der Waals surface area contributed by atoms with Crippen LogP contribution in [0.3, 0.4) is 0 Å². The molecule has 158 valence electrons. The van der Waals surface area contributed by atoms with Crippen LogP contribution in [0.2, 0.25) is 0 Å². The summed E-state index contributed by atoms with van der Waals surface area (Å²) in [7, 11) is 0. The maximum atomic E-state index is 13.1. The monoisotopic (exact) mass is 396 g/mol. The Hall–Kier alpha value is -1.91. The lowest BCUT2D eigenvalue weighted by molar-refractivity contribution is 0.0755. The van der Waals surface area contributed by atoms with Gasteiger partial charge in [-0.15, -0.1) is 0 Å². The van der Waals surface area contributed by atoms with Gasteiger partial charge in [0, 0.05) is 36.5 Å². The zero-order valence-corrected chi connectivity index (χ0v) is 18.2. The summed E-state index contributed by atoms with van der Waals surface area (Å²) in [6.07, 6.45) is 13.2. The van der Waals surface area contributed by atoms with E-state index in [2.05, 4.69) is 19.9 Å². The van der Waals surface area contributed by atoms with Gasteiger partial charge in [0.1, 0.15) is 0 Å². The number of aromatic nitrogens is 3. The van der Waals surface area contributed by atoms with Crippen LogP contribution in [0.5, 0.6) is 0 Å². The summed E-state index contributed by atoms with van der Waals surface area (Å²) >= 11 is 0. The van der Waals surface area contributed by atoms with Crippen LogP contribution in [0.1, 0.15) is 106 Å². The lowest BCUT2D eigenvalue weighted by Gasteiger charge is -2.18. The molecule has 0 radical (unpaired) electrons. The number of hydrogen-bond donors (Lipinski definition) is 0. The minimum atomic E-state index is 0.0743. The molecule has 5 nitrogen and oxygen atoms in total. The van der Waals surface area contributed by atoms with Crippen molar-refractivity contribution in [3.05, 3.63) is 29.2 Å². The van der Waals surface area contributed by atoms with Crippen LogP contribution >= 0.6 is 0 Å². The number of nitrogens with zero attached hydrogens (tertiary/aromatic N) is 4. The zero-order chi connectivity index (χ0) is 20.2. The summed E-state index contributed by atoms with van der Waals surface area (Å²) in [6.45, 7) is 6.19. The Labute approximate surface area is 174 Å². The van der Waals surface area contributed by atoms with E-state index < -0.39 is 0 Å². The first-order valence-electron chi connectivity index (χ1n) is 11.9. The van der Waals surface area contributed by atoms with E-state index in [-0.39, 0.29) is 5.91 Å². The van der Waals surface area contributed by atoms with E-state index in [1.807, 2.05) is 15.5 Å². The highest BCUT2D eigenvalue weighted by atomic mass is 16.2. The number of amides is 1. The van der Waals surface area contributed by atoms with E-state index in [1.54, 1.807) is 0 Å². The standard InChI is InChI=1S/C24H36N4O/c1-3-19(4-2)22-16-20(15-18-11-7-8-12-18)25-23-17-21(26-28(22)23)24(29)27-13-9-5-6-10-14-27/h16-19H,3-15H2,1-2H3. The number of likely N-dealkylation sites (tertiary alicyclic amines) is 1. The molecule has 2 aromatic rings. The average molecular weight is 397 g/mol. The lowest BCUT2D eigenvalue weighted by Crippen LogP contribution is -2.32. The minimum Gasteiger partial charge on any atom is -0.337 e. The molecule has 0 N–H and O–H groups in total. The summed E-state index contributed by atoms with van der Waals surface area (Å²) < 4.78 is 1.96. The number of hydrogen-bond acceptors (Lipinski definition) is 3. The molecule has 1 aliphatic carbocycles. The molecule has 4 rings (SSSR count). The van der Waals surface area contributed by atoms with Crippen LogP contribution in [-0.4, -0.2) is 38.5 Å². The summed E-state index contributed by atoms with van der Waals surface area (Å²) in [5, 5.41) is 4.77. The van der Waals surface area contributed by atoms with E-state index in [1.165, 1.54) is 49.9 Å². The molecule has 0 bridgehead atoms. The largest absolute Gasteiger partial charge is 0.337 e. The smallest absolute Gasteiger partial charge is 0.274 e. The van der Waals surface area contributed by atoms with Crippen molar-refractivity contribution in [1.82, 2.24) is 19.5 Å². The van der Waals surface area contributed by atoms with Crippen molar-refractivity contribution in [2.75, 3.05) is 13.1 Å². The van der Waals surface area contributed by atoms with Gasteiger partial charge in [-0.3, -0.25) is 4.79 Å². The number of carbonyl (C=O) groups is 1. The molecule has 5 heteroatoms. The third-order valence-corrected chi connectivity index (χ3v) is 7.00. The van der Waals surface area contributed by atoms with Gasteiger partial charge in [0.15, 0.2) is 11.3 Å². The van der Waals surface area contributed by atoms with Gasteiger partial charge < -0.3 is 4.90 Å².